The lowest BCUT2D eigenvalue weighted by molar-refractivity contribution is -0.143. The van der Waals surface area contributed by atoms with Gasteiger partial charge in [-0.2, -0.15) is 0 Å². The maximum atomic E-state index is 11.7. The normalized spacial score (nSPS) is 10.1. The Hall–Kier alpha value is -1.63. The molecule has 6 nitrogen and oxygen atoms in total. The van der Waals surface area contributed by atoms with Crippen molar-refractivity contribution in [2.75, 3.05) is 13.2 Å². The van der Waals surface area contributed by atoms with Gasteiger partial charge in [-0.15, -0.1) is 0 Å². The van der Waals surface area contributed by atoms with Crippen LogP contribution < -0.4 is 0 Å². The van der Waals surface area contributed by atoms with Crippen molar-refractivity contribution in [2.45, 2.75) is 20.4 Å². The van der Waals surface area contributed by atoms with Crippen molar-refractivity contribution < 1.29 is 23.9 Å². The minimum Gasteiger partial charge on any atom is -0.465 e. The SMILES string of the molecule is CCOC(=O)Cn1c(Br)cc(C(=O)OCC)c1C=O. The number of nitrogens with zero attached hydrogens (tertiary/aromatic N) is 1. The fourth-order valence-electron chi connectivity index (χ4n) is 1.53. The molecule has 0 aromatic carbocycles. The molecule has 0 aliphatic heterocycles. The number of esters is 2. The third kappa shape index (κ3) is 3.66. The summed E-state index contributed by atoms with van der Waals surface area (Å²) < 4.78 is 11.4. The van der Waals surface area contributed by atoms with E-state index in [0.29, 0.717) is 10.9 Å². The minimum atomic E-state index is -0.604. The zero-order valence-corrected chi connectivity index (χ0v) is 12.2. The Labute approximate surface area is 118 Å². The molecule has 0 saturated heterocycles. The molecule has 19 heavy (non-hydrogen) atoms. The molecule has 7 heteroatoms. The smallest absolute Gasteiger partial charge is 0.340 e. The van der Waals surface area contributed by atoms with Crippen molar-refractivity contribution in [2.24, 2.45) is 0 Å². The molecule has 0 aliphatic carbocycles. The van der Waals surface area contributed by atoms with Crippen molar-refractivity contribution >= 4 is 34.2 Å². The Morgan fingerprint density at radius 1 is 1.32 bits per heavy atom. The predicted octanol–water partition coefficient (Wildman–Crippen LogP) is 1.80. The van der Waals surface area contributed by atoms with Gasteiger partial charge in [0.2, 0.25) is 0 Å². The molecule has 0 aliphatic rings. The van der Waals surface area contributed by atoms with Crippen molar-refractivity contribution in [3.63, 3.8) is 0 Å². The van der Waals surface area contributed by atoms with E-state index < -0.39 is 11.9 Å². The number of hydrogen-bond donors (Lipinski definition) is 0. The van der Waals surface area contributed by atoms with E-state index in [1.165, 1.54) is 10.6 Å². The number of aromatic nitrogens is 1. The Morgan fingerprint density at radius 2 is 1.95 bits per heavy atom. The highest BCUT2D eigenvalue weighted by molar-refractivity contribution is 9.10. The Bertz CT molecular complexity index is 495. The summed E-state index contributed by atoms with van der Waals surface area (Å²) in [4.78, 5) is 34.2. The summed E-state index contributed by atoms with van der Waals surface area (Å²) in [6.07, 6.45) is 0.510. The van der Waals surface area contributed by atoms with Gasteiger partial charge in [-0.05, 0) is 35.8 Å². The van der Waals surface area contributed by atoms with Gasteiger partial charge in [0.15, 0.2) is 6.29 Å². The number of hydrogen-bond acceptors (Lipinski definition) is 5. The second-order valence-electron chi connectivity index (χ2n) is 3.50. The van der Waals surface area contributed by atoms with E-state index in [4.69, 9.17) is 9.47 Å². The molecule has 0 unspecified atom stereocenters. The molecule has 1 heterocycles. The summed E-state index contributed by atoms with van der Waals surface area (Å²) in [5.41, 5.74) is 0.200. The van der Waals surface area contributed by atoms with Gasteiger partial charge in [0, 0.05) is 0 Å². The van der Waals surface area contributed by atoms with Crippen LogP contribution in [0.3, 0.4) is 0 Å². The summed E-state index contributed by atoms with van der Waals surface area (Å²) in [6, 6.07) is 1.45. The first-order valence-corrected chi connectivity index (χ1v) is 6.51. The summed E-state index contributed by atoms with van der Waals surface area (Å²) in [5.74, 6) is -1.09. The van der Waals surface area contributed by atoms with E-state index in [-0.39, 0.29) is 31.0 Å². The first kappa shape index (κ1) is 15.4. The van der Waals surface area contributed by atoms with Crippen LogP contribution in [0.4, 0.5) is 0 Å². The van der Waals surface area contributed by atoms with Crippen molar-refractivity contribution in [1.82, 2.24) is 4.57 Å². The second kappa shape index (κ2) is 7.08. The van der Waals surface area contributed by atoms with E-state index in [9.17, 15) is 14.4 Å². The van der Waals surface area contributed by atoms with Gasteiger partial charge in [0.25, 0.3) is 0 Å². The van der Waals surface area contributed by atoms with Crippen LogP contribution in [-0.4, -0.2) is 36.0 Å². The lowest BCUT2D eigenvalue weighted by Gasteiger charge is -2.07. The monoisotopic (exact) mass is 331 g/mol. The molecule has 0 fully saturated rings. The summed E-state index contributed by atoms with van der Waals surface area (Å²) in [6.45, 7) is 3.66. The molecule has 0 bridgehead atoms. The van der Waals surface area contributed by atoms with Crippen LogP contribution in [0.15, 0.2) is 10.7 Å². The van der Waals surface area contributed by atoms with Crippen molar-refractivity contribution in [3.05, 3.63) is 21.9 Å². The van der Waals surface area contributed by atoms with Gasteiger partial charge in [-0.3, -0.25) is 9.59 Å². The average molecular weight is 332 g/mol. The van der Waals surface area contributed by atoms with Crippen LogP contribution in [0.5, 0.6) is 0 Å². The van der Waals surface area contributed by atoms with Gasteiger partial charge >= 0.3 is 11.9 Å². The molecule has 0 N–H and O–H groups in total. The highest BCUT2D eigenvalue weighted by atomic mass is 79.9. The fourth-order valence-corrected chi connectivity index (χ4v) is 2.07. The number of carbonyl (C=O) groups excluding carboxylic acids is 3. The van der Waals surface area contributed by atoms with E-state index >= 15 is 0 Å². The second-order valence-corrected chi connectivity index (χ2v) is 4.31. The molecule has 0 atom stereocenters. The summed E-state index contributed by atoms with van der Waals surface area (Å²) >= 11 is 3.20. The van der Waals surface area contributed by atoms with Gasteiger partial charge < -0.3 is 14.0 Å². The zero-order valence-electron chi connectivity index (χ0n) is 10.6. The third-order valence-electron chi connectivity index (χ3n) is 2.29. The highest BCUT2D eigenvalue weighted by Crippen LogP contribution is 2.21. The molecule has 1 aromatic heterocycles. The van der Waals surface area contributed by atoms with Gasteiger partial charge in [-0.1, -0.05) is 0 Å². The molecular weight excluding hydrogens is 318 g/mol. The fraction of sp³-hybridized carbons (Fsp3) is 0.417. The quantitative estimate of drug-likeness (QED) is 0.587. The third-order valence-corrected chi connectivity index (χ3v) is 2.94. The van der Waals surface area contributed by atoms with E-state index in [2.05, 4.69) is 15.9 Å². The van der Waals surface area contributed by atoms with Crippen molar-refractivity contribution in [3.8, 4) is 0 Å². The Balaban J connectivity index is 3.08. The first-order chi connectivity index (χ1) is 9.04. The lowest BCUT2D eigenvalue weighted by atomic mass is 10.2. The highest BCUT2D eigenvalue weighted by Gasteiger charge is 2.21. The molecule has 0 radical (unpaired) electrons. The number of rotatable bonds is 6. The molecular formula is C12H14BrNO5. The zero-order chi connectivity index (χ0) is 14.4. The summed E-state index contributed by atoms with van der Waals surface area (Å²) in [7, 11) is 0. The number of carbonyl (C=O) groups is 3. The van der Waals surface area contributed by atoms with Crippen LogP contribution in [0, 0.1) is 0 Å². The van der Waals surface area contributed by atoms with Crippen LogP contribution in [0.1, 0.15) is 34.7 Å². The largest absolute Gasteiger partial charge is 0.465 e. The minimum absolute atomic E-state index is 0.0818. The van der Waals surface area contributed by atoms with Crippen molar-refractivity contribution in [1.29, 1.82) is 0 Å². The van der Waals surface area contributed by atoms with Crippen LogP contribution >= 0.6 is 15.9 Å². The summed E-state index contributed by atoms with van der Waals surface area (Å²) in [5, 5.41) is 0. The first-order valence-electron chi connectivity index (χ1n) is 5.72. The molecule has 1 aromatic rings. The van der Waals surface area contributed by atoms with Gasteiger partial charge in [0.05, 0.1) is 29.1 Å². The topological polar surface area (TPSA) is 74.6 Å². The van der Waals surface area contributed by atoms with Crippen LogP contribution in [-0.2, 0) is 20.8 Å². The van der Waals surface area contributed by atoms with E-state index in [1.807, 2.05) is 0 Å². The Morgan fingerprint density at radius 3 is 2.47 bits per heavy atom. The lowest BCUT2D eigenvalue weighted by Crippen LogP contribution is -2.16. The molecule has 104 valence electrons. The van der Waals surface area contributed by atoms with E-state index in [1.54, 1.807) is 13.8 Å². The number of halogens is 1. The standard InChI is InChI=1S/C12H14BrNO5/c1-3-18-11(16)6-14-9(7-15)8(5-10(14)13)12(17)19-4-2/h5,7H,3-4,6H2,1-2H3. The molecule has 0 spiro atoms. The van der Waals surface area contributed by atoms with Gasteiger partial charge in [-0.25, -0.2) is 4.79 Å². The maximum Gasteiger partial charge on any atom is 0.340 e. The van der Waals surface area contributed by atoms with Crippen LogP contribution in [0.25, 0.3) is 0 Å². The number of aldehydes is 1. The van der Waals surface area contributed by atoms with Gasteiger partial charge in [0.1, 0.15) is 6.54 Å². The average Bonchev–Trinajstić information content (AvgIpc) is 2.67. The molecule has 0 saturated carbocycles. The molecule has 1 rings (SSSR count). The number of ether oxygens (including phenoxy) is 2. The van der Waals surface area contributed by atoms with Crippen LogP contribution in [0.2, 0.25) is 0 Å². The maximum absolute atomic E-state index is 11.7. The molecule has 0 amide bonds. The Kier molecular flexibility index (Phi) is 5.75. The van der Waals surface area contributed by atoms with E-state index in [0.717, 1.165) is 0 Å². The predicted molar refractivity (Wildman–Crippen MR) is 70.1 cm³/mol.